The van der Waals surface area contributed by atoms with Gasteiger partial charge in [-0.3, -0.25) is 14.4 Å². The Labute approximate surface area is 299 Å². The third-order valence-corrected chi connectivity index (χ3v) is 9.18. The quantitative estimate of drug-likeness (QED) is 0.0877. The molecule has 1 saturated heterocycles. The van der Waals surface area contributed by atoms with Crippen LogP contribution in [0.1, 0.15) is 90.8 Å². The number of aromatic nitrogens is 4. The molecule has 11 nitrogen and oxygen atoms in total. The van der Waals surface area contributed by atoms with Crippen LogP contribution in [0.15, 0.2) is 60.7 Å². The Morgan fingerprint density at radius 2 is 1.51 bits per heavy atom. The molecule has 51 heavy (non-hydrogen) atoms. The molecule has 0 bridgehead atoms. The minimum absolute atomic E-state index is 0.122. The highest BCUT2D eigenvalue weighted by atomic mass is 16.3. The zero-order chi connectivity index (χ0) is 36.5. The molecule has 1 fully saturated rings. The summed E-state index contributed by atoms with van der Waals surface area (Å²) < 4.78 is 0. The molecule has 5 N–H and O–H groups in total. The van der Waals surface area contributed by atoms with E-state index in [1.54, 1.807) is 4.90 Å². The van der Waals surface area contributed by atoms with E-state index in [1.165, 1.54) is 13.8 Å². The number of aromatic amines is 2. The van der Waals surface area contributed by atoms with Gasteiger partial charge in [0.05, 0.1) is 34.2 Å². The second kappa shape index (κ2) is 17.3. The smallest absolute Gasteiger partial charge is 0.248 e. The first-order valence-electron chi connectivity index (χ1n) is 18.3. The normalized spacial score (nSPS) is 15.3. The molecule has 270 valence electrons. The van der Waals surface area contributed by atoms with E-state index >= 15 is 0 Å². The van der Waals surface area contributed by atoms with E-state index in [9.17, 15) is 19.5 Å². The van der Waals surface area contributed by atoms with E-state index < -0.39 is 12.1 Å². The van der Waals surface area contributed by atoms with E-state index in [1.807, 2.05) is 26.8 Å². The molecule has 0 aliphatic carbocycles. The highest BCUT2D eigenvalue weighted by Gasteiger charge is 2.37. The molecule has 2 aromatic heterocycles. The first-order valence-corrected chi connectivity index (χ1v) is 18.3. The van der Waals surface area contributed by atoms with E-state index in [-0.39, 0.29) is 23.8 Å². The van der Waals surface area contributed by atoms with E-state index in [2.05, 4.69) is 75.2 Å². The number of carbonyl (C=O) groups is 3. The fourth-order valence-electron chi connectivity index (χ4n) is 6.64. The molecule has 0 saturated carbocycles. The topological polar surface area (TPSA) is 156 Å². The van der Waals surface area contributed by atoms with E-state index in [4.69, 9.17) is 9.97 Å². The van der Waals surface area contributed by atoms with Crippen LogP contribution in [-0.4, -0.2) is 72.9 Å². The van der Waals surface area contributed by atoms with Crippen molar-refractivity contribution < 1.29 is 19.5 Å². The van der Waals surface area contributed by atoms with Gasteiger partial charge in [0.2, 0.25) is 17.7 Å². The van der Waals surface area contributed by atoms with Gasteiger partial charge < -0.3 is 30.6 Å². The number of H-pyrrole nitrogens is 2. The lowest BCUT2D eigenvalue weighted by atomic mass is 10.00. The standard InChI is InChI=1S/C38H45N7O4.C2H6/c1-4-8-35(48)39-19-6-5-10-34-41-29-17-15-27(21-31(29)42-34)25-11-13-26(14-12-25)28-16-18-30-32(22-28)44-37(43-30)33-9-7-20-45(33)38(49)36(23(2)46)40-24(3)47;1-2/h11-18,21-23,33,36,46H,4-10,19-20H2,1-3H3,(H,39,48)(H,40,47)(H,41,42)(H,43,44);1-2H3. The highest BCUT2D eigenvalue weighted by Crippen LogP contribution is 2.34. The summed E-state index contributed by atoms with van der Waals surface area (Å²) in [5.41, 5.74) is 7.98. The van der Waals surface area contributed by atoms with Gasteiger partial charge in [-0.05, 0) is 85.5 Å². The monoisotopic (exact) mass is 693 g/mol. The number of imidazole rings is 2. The van der Waals surface area contributed by atoms with Crippen molar-refractivity contribution in [1.29, 1.82) is 0 Å². The largest absolute Gasteiger partial charge is 0.391 e. The third kappa shape index (κ3) is 9.02. The number of aryl methyl sites for hydroxylation is 1. The Kier molecular flexibility index (Phi) is 12.6. The number of amides is 3. The summed E-state index contributed by atoms with van der Waals surface area (Å²) in [4.78, 5) is 54.9. The van der Waals surface area contributed by atoms with Gasteiger partial charge in [-0.25, -0.2) is 9.97 Å². The summed E-state index contributed by atoms with van der Waals surface area (Å²) in [5, 5.41) is 15.8. The number of likely N-dealkylation sites (tertiary alicyclic amines) is 1. The van der Waals surface area contributed by atoms with E-state index in [0.29, 0.717) is 25.3 Å². The summed E-state index contributed by atoms with van der Waals surface area (Å²) in [6.07, 6.45) is 4.71. The third-order valence-electron chi connectivity index (χ3n) is 9.18. The fourth-order valence-corrected chi connectivity index (χ4v) is 6.64. The van der Waals surface area contributed by atoms with Crippen LogP contribution in [0, 0.1) is 0 Å². The molecule has 3 unspecified atom stereocenters. The maximum absolute atomic E-state index is 13.3. The average Bonchev–Trinajstić information content (AvgIpc) is 3.88. The summed E-state index contributed by atoms with van der Waals surface area (Å²) in [6, 6.07) is 19.6. The first kappa shape index (κ1) is 37.2. The van der Waals surface area contributed by atoms with Gasteiger partial charge in [0.15, 0.2) is 0 Å². The molecule has 3 heterocycles. The van der Waals surface area contributed by atoms with Crippen molar-refractivity contribution in [2.75, 3.05) is 13.1 Å². The van der Waals surface area contributed by atoms with Crippen molar-refractivity contribution in [3.8, 4) is 22.3 Å². The minimum atomic E-state index is -1.01. The Hall–Kier alpha value is -5.03. The summed E-state index contributed by atoms with van der Waals surface area (Å²) in [6.45, 7) is 10.1. The minimum Gasteiger partial charge on any atom is -0.391 e. The van der Waals surface area contributed by atoms with Crippen molar-refractivity contribution >= 4 is 39.8 Å². The number of hydrogen-bond donors (Lipinski definition) is 5. The molecule has 3 amide bonds. The van der Waals surface area contributed by atoms with Crippen LogP contribution in [0.2, 0.25) is 0 Å². The molecule has 11 heteroatoms. The van der Waals surface area contributed by atoms with Gasteiger partial charge in [-0.15, -0.1) is 0 Å². The van der Waals surface area contributed by atoms with Crippen molar-refractivity contribution in [3.63, 3.8) is 0 Å². The zero-order valence-corrected chi connectivity index (χ0v) is 30.4. The fraction of sp³-hybridized carbons (Fsp3) is 0.425. The Balaban J connectivity index is 0.00000248. The SMILES string of the molecule is CC.CCCC(=O)NCCCCc1nc2ccc(-c3ccc(-c4ccc5nc(C6CCCN6C(=O)C(NC(C)=O)C(C)O)[nH]c5c4)cc3)cc2[nH]1. The van der Waals surface area contributed by atoms with Crippen LogP contribution in [0.3, 0.4) is 0 Å². The van der Waals surface area contributed by atoms with Gasteiger partial charge in [0, 0.05) is 32.9 Å². The molecule has 3 aromatic carbocycles. The lowest BCUT2D eigenvalue weighted by molar-refractivity contribution is -0.139. The number of aliphatic hydroxyl groups is 1. The average molecular weight is 694 g/mol. The molecular formula is C40H51N7O4. The Morgan fingerprint density at radius 1 is 0.902 bits per heavy atom. The molecule has 1 aliphatic rings. The number of fused-ring (bicyclic) bond motifs is 2. The lowest BCUT2D eigenvalue weighted by Gasteiger charge is -2.29. The number of nitrogens with one attached hydrogen (secondary N) is 4. The van der Waals surface area contributed by atoms with Gasteiger partial charge in [-0.1, -0.05) is 57.2 Å². The van der Waals surface area contributed by atoms with Crippen LogP contribution in [-0.2, 0) is 20.8 Å². The maximum atomic E-state index is 13.3. The number of carbonyl (C=O) groups excluding carboxylic acids is 3. The van der Waals surface area contributed by atoms with Crippen LogP contribution >= 0.6 is 0 Å². The predicted molar refractivity (Wildman–Crippen MR) is 202 cm³/mol. The number of benzene rings is 3. The lowest BCUT2D eigenvalue weighted by Crippen LogP contribution is -2.53. The van der Waals surface area contributed by atoms with Gasteiger partial charge >= 0.3 is 0 Å². The molecule has 1 aliphatic heterocycles. The van der Waals surface area contributed by atoms with E-state index in [0.717, 1.165) is 88.7 Å². The van der Waals surface area contributed by atoms with Crippen molar-refractivity contribution in [2.45, 2.75) is 97.8 Å². The molecule has 0 spiro atoms. The molecule has 3 atom stereocenters. The van der Waals surface area contributed by atoms with Crippen molar-refractivity contribution in [2.24, 2.45) is 0 Å². The Bertz CT molecular complexity index is 1950. The second-order valence-electron chi connectivity index (χ2n) is 13.0. The number of unbranched alkanes of at least 4 members (excludes halogenated alkanes) is 1. The first-order chi connectivity index (χ1) is 24.7. The summed E-state index contributed by atoms with van der Waals surface area (Å²) >= 11 is 0. The summed E-state index contributed by atoms with van der Waals surface area (Å²) in [5.74, 6) is 1.12. The van der Waals surface area contributed by atoms with Gasteiger partial charge in [0.1, 0.15) is 17.7 Å². The van der Waals surface area contributed by atoms with Gasteiger partial charge in [-0.2, -0.15) is 0 Å². The highest BCUT2D eigenvalue weighted by molar-refractivity contribution is 5.88. The number of nitrogens with zero attached hydrogens (tertiary/aromatic N) is 3. The number of hydrogen-bond acceptors (Lipinski definition) is 6. The predicted octanol–water partition coefficient (Wildman–Crippen LogP) is 6.59. The number of rotatable bonds is 13. The second-order valence-corrected chi connectivity index (χ2v) is 13.0. The van der Waals surface area contributed by atoms with Gasteiger partial charge in [0.25, 0.3) is 0 Å². The van der Waals surface area contributed by atoms with Crippen molar-refractivity contribution in [1.82, 2.24) is 35.5 Å². The molecular weight excluding hydrogens is 642 g/mol. The van der Waals surface area contributed by atoms with Crippen molar-refractivity contribution in [3.05, 3.63) is 72.3 Å². The van der Waals surface area contributed by atoms with Crippen LogP contribution in [0.4, 0.5) is 0 Å². The zero-order valence-electron chi connectivity index (χ0n) is 30.4. The maximum Gasteiger partial charge on any atom is 0.248 e. The Morgan fingerprint density at radius 3 is 2.12 bits per heavy atom. The molecule has 6 rings (SSSR count). The molecule has 0 radical (unpaired) electrons. The van der Waals surface area contributed by atoms with Crippen LogP contribution < -0.4 is 10.6 Å². The molecule has 5 aromatic rings. The summed E-state index contributed by atoms with van der Waals surface area (Å²) in [7, 11) is 0. The van der Waals surface area contributed by atoms with Crippen LogP contribution in [0.5, 0.6) is 0 Å². The number of aliphatic hydroxyl groups excluding tert-OH is 1. The van der Waals surface area contributed by atoms with Crippen LogP contribution in [0.25, 0.3) is 44.3 Å².